The molecule has 0 amide bonds. The number of nitrogens with two attached hydrogens (primary N) is 1. The second kappa shape index (κ2) is 5.17. The summed E-state index contributed by atoms with van der Waals surface area (Å²) >= 11 is 9.56. The SMILES string of the molecule is CC1C(N)CCN(c2ccc(Cl)cc2Br)C1C. The summed E-state index contributed by atoms with van der Waals surface area (Å²) in [5.41, 5.74) is 7.32. The molecule has 3 unspecified atom stereocenters. The van der Waals surface area contributed by atoms with Crippen molar-refractivity contribution >= 4 is 33.2 Å². The van der Waals surface area contributed by atoms with Crippen molar-refractivity contribution in [2.24, 2.45) is 11.7 Å². The van der Waals surface area contributed by atoms with Crippen LogP contribution >= 0.6 is 27.5 Å². The molecule has 1 aliphatic rings. The lowest BCUT2D eigenvalue weighted by Gasteiger charge is -2.43. The molecular formula is C13H18BrClN2. The highest BCUT2D eigenvalue weighted by atomic mass is 79.9. The third kappa shape index (κ3) is 2.61. The van der Waals surface area contributed by atoms with E-state index in [0.717, 1.165) is 22.5 Å². The summed E-state index contributed by atoms with van der Waals surface area (Å²) in [6, 6.07) is 6.73. The van der Waals surface area contributed by atoms with E-state index in [1.54, 1.807) is 0 Å². The fraction of sp³-hybridized carbons (Fsp3) is 0.538. The lowest BCUT2D eigenvalue weighted by atomic mass is 9.87. The van der Waals surface area contributed by atoms with Crippen LogP contribution in [-0.4, -0.2) is 18.6 Å². The zero-order valence-corrected chi connectivity index (χ0v) is 12.5. The summed E-state index contributed by atoms with van der Waals surface area (Å²) in [7, 11) is 0. The first-order valence-corrected chi connectivity index (χ1v) is 7.15. The van der Waals surface area contributed by atoms with E-state index in [-0.39, 0.29) is 0 Å². The van der Waals surface area contributed by atoms with Gasteiger partial charge in [0.05, 0.1) is 5.69 Å². The molecule has 2 N–H and O–H groups in total. The topological polar surface area (TPSA) is 29.3 Å². The van der Waals surface area contributed by atoms with Crippen molar-refractivity contribution in [1.29, 1.82) is 0 Å². The van der Waals surface area contributed by atoms with Crippen molar-refractivity contribution < 1.29 is 0 Å². The highest BCUT2D eigenvalue weighted by molar-refractivity contribution is 9.10. The van der Waals surface area contributed by atoms with Gasteiger partial charge in [0.2, 0.25) is 0 Å². The Kier molecular flexibility index (Phi) is 4.01. The maximum absolute atomic E-state index is 6.11. The average molecular weight is 318 g/mol. The van der Waals surface area contributed by atoms with Crippen LogP contribution in [0.1, 0.15) is 20.3 Å². The molecule has 1 heterocycles. The van der Waals surface area contributed by atoms with Crippen molar-refractivity contribution in [3.63, 3.8) is 0 Å². The molecule has 0 radical (unpaired) electrons. The van der Waals surface area contributed by atoms with Crippen LogP contribution in [0.3, 0.4) is 0 Å². The van der Waals surface area contributed by atoms with Crippen molar-refractivity contribution in [1.82, 2.24) is 0 Å². The fourth-order valence-electron chi connectivity index (χ4n) is 2.45. The molecule has 0 bridgehead atoms. The van der Waals surface area contributed by atoms with Gasteiger partial charge in [-0.05, 0) is 53.4 Å². The molecule has 4 heteroatoms. The zero-order valence-electron chi connectivity index (χ0n) is 10.2. The van der Waals surface area contributed by atoms with Gasteiger partial charge in [-0.2, -0.15) is 0 Å². The second-order valence-electron chi connectivity index (χ2n) is 4.84. The molecule has 0 saturated carbocycles. The number of hydrogen-bond acceptors (Lipinski definition) is 2. The summed E-state index contributed by atoms with van der Waals surface area (Å²) in [4.78, 5) is 2.41. The van der Waals surface area contributed by atoms with Gasteiger partial charge >= 0.3 is 0 Å². The Morgan fingerprint density at radius 3 is 2.76 bits per heavy atom. The Morgan fingerprint density at radius 1 is 1.41 bits per heavy atom. The Bertz CT molecular complexity index is 410. The van der Waals surface area contributed by atoms with E-state index < -0.39 is 0 Å². The Labute approximate surface area is 116 Å². The minimum atomic E-state index is 0.312. The molecular weight excluding hydrogens is 300 g/mol. The van der Waals surface area contributed by atoms with E-state index in [4.69, 9.17) is 17.3 Å². The first-order chi connectivity index (χ1) is 8.00. The fourth-order valence-corrected chi connectivity index (χ4v) is 3.36. The number of hydrogen-bond donors (Lipinski definition) is 1. The summed E-state index contributed by atoms with van der Waals surface area (Å²) in [6.07, 6.45) is 1.04. The molecule has 1 aliphatic heterocycles. The van der Waals surface area contributed by atoms with Gasteiger partial charge in [0.15, 0.2) is 0 Å². The number of anilines is 1. The molecule has 1 aromatic carbocycles. The van der Waals surface area contributed by atoms with Crippen LogP contribution in [0, 0.1) is 5.92 Å². The number of halogens is 2. The third-order valence-electron chi connectivity index (χ3n) is 3.85. The molecule has 2 rings (SSSR count). The number of piperidine rings is 1. The van der Waals surface area contributed by atoms with Crippen molar-refractivity contribution in [2.45, 2.75) is 32.4 Å². The monoisotopic (exact) mass is 316 g/mol. The van der Waals surface area contributed by atoms with Crippen LogP contribution in [0.15, 0.2) is 22.7 Å². The molecule has 0 aromatic heterocycles. The minimum Gasteiger partial charge on any atom is -0.368 e. The maximum Gasteiger partial charge on any atom is 0.0514 e. The van der Waals surface area contributed by atoms with E-state index in [1.807, 2.05) is 12.1 Å². The highest BCUT2D eigenvalue weighted by Crippen LogP contribution is 2.34. The van der Waals surface area contributed by atoms with Gasteiger partial charge < -0.3 is 10.6 Å². The summed E-state index contributed by atoms with van der Waals surface area (Å²) in [5.74, 6) is 0.506. The van der Waals surface area contributed by atoms with Crippen LogP contribution in [-0.2, 0) is 0 Å². The van der Waals surface area contributed by atoms with Gasteiger partial charge in [-0.3, -0.25) is 0 Å². The van der Waals surface area contributed by atoms with E-state index in [0.29, 0.717) is 18.0 Å². The smallest absolute Gasteiger partial charge is 0.0514 e. The highest BCUT2D eigenvalue weighted by Gasteiger charge is 2.31. The molecule has 1 saturated heterocycles. The van der Waals surface area contributed by atoms with Gasteiger partial charge in [0, 0.05) is 28.1 Å². The van der Waals surface area contributed by atoms with Gasteiger partial charge in [0.25, 0.3) is 0 Å². The van der Waals surface area contributed by atoms with Crippen molar-refractivity contribution in [3.05, 3.63) is 27.7 Å². The van der Waals surface area contributed by atoms with Crippen molar-refractivity contribution in [3.8, 4) is 0 Å². The maximum atomic E-state index is 6.11. The predicted octanol–water partition coefficient (Wildman–Crippen LogP) is 3.66. The summed E-state index contributed by atoms with van der Waals surface area (Å²) in [5, 5.41) is 0.759. The third-order valence-corrected chi connectivity index (χ3v) is 4.72. The first-order valence-electron chi connectivity index (χ1n) is 5.98. The minimum absolute atomic E-state index is 0.312. The molecule has 17 heavy (non-hydrogen) atoms. The van der Waals surface area contributed by atoms with E-state index in [2.05, 4.69) is 40.7 Å². The number of nitrogens with zero attached hydrogens (tertiary/aromatic N) is 1. The normalized spacial score (nSPS) is 29.5. The molecule has 0 aliphatic carbocycles. The van der Waals surface area contributed by atoms with Crippen LogP contribution in [0.2, 0.25) is 5.02 Å². The molecule has 94 valence electrons. The van der Waals surface area contributed by atoms with E-state index in [9.17, 15) is 0 Å². The summed E-state index contributed by atoms with van der Waals surface area (Å²) in [6.45, 7) is 5.48. The first kappa shape index (κ1) is 13.2. The average Bonchev–Trinajstić information content (AvgIpc) is 2.28. The summed E-state index contributed by atoms with van der Waals surface area (Å²) < 4.78 is 1.06. The van der Waals surface area contributed by atoms with Gasteiger partial charge in [-0.25, -0.2) is 0 Å². The van der Waals surface area contributed by atoms with Crippen LogP contribution in [0.4, 0.5) is 5.69 Å². The van der Waals surface area contributed by atoms with Crippen LogP contribution < -0.4 is 10.6 Å². The molecule has 2 nitrogen and oxygen atoms in total. The molecule has 1 fully saturated rings. The van der Waals surface area contributed by atoms with Gasteiger partial charge in [0.1, 0.15) is 0 Å². The standard InChI is InChI=1S/C13H18BrClN2/c1-8-9(2)17(6-5-12(8)16)13-4-3-10(15)7-11(13)14/h3-4,7-9,12H,5-6,16H2,1-2H3. The Morgan fingerprint density at radius 2 is 2.12 bits per heavy atom. The lowest BCUT2D eigenvalue weighted by Crippen LogP contribution is -2.52. The predicted molar refractivity (Wildman–Crippen MR) is 77.7 cm³/mol. The molecule has 3 atom stereocenters. The van der Waals surface area contributed by atoms with Crippen LogP contribution in [0.25, 0.3) is 0 Å². The van der Waals surface area contributed by atoms with Gasteiger partial charge in [-0.1, -0.05) is 18.5 Å². The van der Waals surface area contributed by atoms with E-state index >= 15 is 0 Å². The van der Waals surface area contributed by atoms with Crippen molar-refractivity contribution in [2.75, 3.05) is 11.4 Å². The van der Waals surface area contributed by atoms with Crippen LogP contribution in [0.5, 0.6) is 0 Å². The Balaban J connectivity index is 2.28. The lowest BCUT2D eigenvalue weighted by molar-refractivity contribution is 0.315. The second-order valence-corrected chi connectivity index (χ2v) is 6.13. The van der Waals surface area contributed by atoms with E-state index in [1.165, 1.54) is 5.69 Å². The molecule has 1 aromatic rings. The zero-order chi connectivity index (χ0) is 12.6. The quantitative estimate of drug-likeness (QED) is 0.856. The number of benzene rings is 1. The Hall–Kier alpha value is -0.250. The van der Waals surface area contributed by atoms with Gasteiger partial charge in [-0.15, -0.1) is 0 Å². The molecule has 0 spiro atoms. The number of rotatable bonds is 1. The largest absolute Gasteiger partial charge is 0.368 e.